The smallest absolute Gasteiger partial charge is 0.384 e. The van der Waals surface area contributed by atoms with Crippen molar-refractivity contribution in [2.24, 2.45) is 11.8 Å². The van der Waals surface area contributed by atoms with Crippen LogP contribution in [0.4, 0.5) is 0 Å². The highest BCUT2D eigenvalue weighted by Gasteiger charge is 2.27. The maximum Gasteiger partial charge on any atom is 0.384 e. The fourth-order valence-corrected chi connectivity index (χ4v) is 2.80. The minimum absolute atomic E-state index is 0.147. The molecular weight excluding hydrogens is 366 g/mol. The first-order valence-corrected chi connectivity index (χ1v) is 10.3. The zero-order valence-electron chi connectivity index (χ0n) is 18.9. The van der Waals surface area contributed by atoms with E-state index >= 15 is 0 Å². The number of ether oxygens (including phenoxy) is 2. The van der Waals surface area contributed by atoms with Crippen molar-refractivity contribution in [1.82, 2.24) is 5.06 Å². The lowest BCUT2D eigenvalue weighted by atomic mass is 9.99. The highest BCUT2D eigenvalue weighted by molar-refractivity contribution is 5.88. The van der Waals surface area contributed by atoms with Gasteiger partial charge < -0.3 is 14.7 Å². The van der Waals surface area contributed by atoms with E-state index in [4.69, 9.17) is 9.47 Å². The summed E-state index contributed by atoms with van der Waals surface area (Å²) in [5, 5.41) is 12.2. The van der Waals surface area contributed by atoms with Crippen LogP contribution in [0.3, 0.4) is 0 Å². The molecule has 0 radical (unpaired) electrons. The maximum absolute atomic E-state index is 12.0. The van der Waals surface area contributed by atoms with Crippen LogP contribution in [0.1, 0.15) is 60.5 Å². The van der Waals surface area contributed by atoms with E-state index in [1.54, 1.807) is 20.8 Å². The fourth-order valence-electron chi connectivity index (χ4n) is 2.80. The SMILES string of the molecule is CC(C)C[C@@H](C#CC(=O)OC(C)(C)C)N(O)[C@@H](COCc1ccccc1)C(C)C. The number of hydroxylamine groups is 2. The van der Waals surface area contributed by atoms with E-state index in [0.717, 1.165) is 5.56 Å². The average molecular weight is 404 g/mol. The molecule has 0 spiro atoms. The Morgan fingerprint density at radius 1 is 1.14 bits per heavy atom. The molecule has 0 aliphatic carbocycles. The minimum Gasteiger partial charge on any atom is -0.450 e. The second-order valence-corrected chi connectivity index (χ2v) is 9.11. The molecule has 0 aliphatic heterocycles. The molecule has 1 N–H and O–H groups in total. The van der Waals surface area contributed by atoms with E-state index in [1.807, 2.05) is 44.2 Å². The Bertz CT molecular complexity index is 668. The van der Waals surface area contributed by atoms with E-state index in [2.05, 4.69) is 25.7 Å². The first-order valence-electron chi connectivity index (χ1n) is 10.3. The Morgan fingerprint density at radius 2 is 1.76 bits per heavy atom. The molecule has 0 fully saturated rings. The normalized spacial score (nSPS) is 13.9. The molecule has 0 saturated carbocycles. The Balaban J connectivity index is 2.83. The van der Waals surface area contributed by atoms with Gasteiger partial charge in [0.1, 0.15) is 5.60 Å². The lowest BCUT2D eigenvalue weighted by Gasteiger charge is -2.33. The standard InChI is InChI=1S/C24H37NO4/c1-18(2)15-21(13-14-23(26)29-24(5,6)7)25(27)22(19(3)4)17-28-16-20-11-9-8-10-12-20/h8-12,18-19,21-22,27H,15-17H2,1-7H3/t21-,22+/m1/s1. The molecule has 0 unspecified atom stereocenters. The number of nitrogens with zero attached hydrogens (tertiary/aromatic N) is 1. The van der Waals surface area contributed by atoms with E-state index in [9.17, 15) is 10.0 Å². The molecule has 0 amide bonds. The first-order chi connectivity index (χ1) is 13.5. The van der Waals surface area contributed by atoms with Gasteiger partial charge in [-0.15, -0.1) is 0 Å². The largest absolute Gasteiger partial charge is 0.450 e. The molecule has 0 aromatic heterocycles. The number of benzene rings is 1. The highest BCUT2D eigenvalue weighted by atomic mass is 16.6. The molecule has 162 valence electrons. The second kappa shape index (κ2) is 12.0. The van der Waals surface area contributed by atoms with E-state index in [0.29, 0.717) is 25.6 Å². The fraction of sp³-hybridized carbons (Fsp3) is 0.625. The Labute approximate surface area is 176 Å². The molecule has 1 aromatic rings. The zero-order chi connectivity index (χ0) is 22.0. The molecule has 29 heavy (non-hydrogen) atoms. The number of rotatable bonds is 9. The average Bonchev–Trinajstić information content (AvgIpc) is 2.60. The van der Waals surface area contributed by atoms with Gasteiger partial charge in [0, 0.05) is 5.92 Å². The second-order valence-electron chi connectivity index (χ2n) is 9.11. The lowest BCUT2D eigenvalue weighted by Crippen LogP contribution is -2.46. The third-order valence-electron chi connectivity index (χ3n) is 4.26. The van der Waals surface area contributed by atoms with Crippen molar-refractivity contribution in [1.29, 1.82) is 0 Å². The number of carbonyl (C=O) groups is 1. The summed E-state index contributed by atoms with van der Waals surface area (Å²) in [6.45, 7) is 14.4. The zero-order valence-corrected chi connectivity index (χ0v) is 18.9. The Kier molecular flexibility index (Phi) is 10.4. The van der Waals surface area contributed by atoms with Crippen molar-refractivity contribution in [2.75, 3.05) is 6.61 Å². The Hall–Kier alpha value is -1.87. The van der Waals surface area contributed by atoms with Crippen molar-refractivity contribution in [3.63, 3.8) is 0 Å². The van der Waals surface area contributed by atoms with Gasteiger partial charge in [-0.1, -0.05) is 63.9 Å². The lowest BCUT2D eigenvalue weighted by molar-refractivity contribution is -0.175. The molecule has 0 saturated heterocycles. The van der Waals surface area contributed by atoms with Crippen LogP contribution in [0.2, 0.25) is 0 Å². The van der Waals surface area contributed by atoms with Crippen LogP contribution in [0.5, 0.6) is 0 Å². The summed E-state index contributed by atoms with van der Waals surface area (Å²) in [5.41, 5.74) is 0.493. The number of hydrogen-bond donors (Lipinski definition) is 1. The van der Waals surface area contributed by atoms with Crippen molar-refractivity contribution >= 4 is 5.97 Å². The Morgan fingerprint density at radius 3 is 2.28 bits per heavy atom. The van der Waals surface area contributed by atoms with Gasteiger partial charge >= 0.3 is 5.97 Å². The van der Waals surface area contributed by atoms with Crippen LogP contribution >= 0.6 is 0 Å². The van der Waals surface area contributed by atoms with Crippen LogP contribution in [-0.4, -0.2) is 40.5 Å². The first kappa shape index (κ1) is 25.2. The van der Waals surface area contributed by atoms with Gasteiger partial charge in [0.2, 0.25) is 0 Å². The number of carbonyl (C=O) groups excluding carboxylic acids is 1. The minimum atomic E-state index is -0.593. The summed E-state index contributed by atoms with van der Waals surface area (Å²) in [5.74, 6) is 5.33. The van der Waals surface area contributed by atoms with E-state index in [1.165, 1.54) is 5.06 Å². The number of hydrogen-bond acceptors (Lipinski definition) is 5. The molecule has 1 rings (SSSR count). The predicted octanol–water partition coefficient (Wildman–Crippen LogP) is 4.68. The summed E-state index contributed by atoms with van der Waals surface area (Å²) in [4.78, 5) is 12.0. The van der Waals surface area contributed by atoms with Gasteiger partial charge in [-0.2, -0.15) is 5.06 Å². The molecule has 0 aliphatic rings. The molecule has 5 nitrogen and oxygen atoms in total. The summed E-state index contributed by atoms with van der Waals surface area (Å²) in [7, 11) is 0. The van der Waals surface area contributed by atoms with E-state index < -0.39 is 17.6 Å². The van der Waals surface area contributed by atoms with Crippen molar-refractivity contribution in [2.45, 2.75) is 79.2 Å². The van der Waals surface area contributed by atoms with Gasteiger partial charge in [-0.25, -0.2) is 4.79 Å². The third-order valence-corrected chi connectivity index (χ3v) is 4.26. The third kappa shape index (κ3) is 10.5. The quantitative estimate of drug-likeness (QED) is 0.281. The summed E-state index contributed by atoms with van der Waals surface area (Å²) >= 11 is 0. The van der Waals surface area contributed by atoms with Crippen LogP contribution in [0, 0.1) is 23.7 Å². The molecule has 5 heteroatoms. The van der Waals surface area contributed by atoms with Crippen LogP contribution in [0.25, 0.3) is 0 Å². The van der Waals surface area contributed by atoms with Crippen LogP contribution < -0.4 is 0 Å². The van der Waals surface area contributed by atoms with Crippen LogP contribution in [0.15, 0.2) is 30.3 Å². The van der Waals surface area contributed by atoms with Gasteiger partial charge in [0.25, 0.3) is 0 Å². The maximum atomic E-state index is 12.0. The summed E-state index contributed by atoms with van der Waals surface area (Å²) in [6.07, 6.45) is 0.633. The topological polar surface area (TPSA) is 59.0 Å². The van der Waals surface area contributed by atoms with Crippen molar-refractivity contribution < 1.29 is 19.5 Å². The van der Waals surface area contributed by atoms with Crippen LogP contribution in [-0.2, 0) is 20.9 Å². The van der Waals surface area contributed by atoms with Gasteiger partial charge in [0.05, 0.1) is 25.3 Å². The van der Waals surface area contributed by atoms with Gasteiger partial charge in [-0.05, 0) is 44.6 Å². The summed E-state index contributed by atoms with van der Waals surface area (Å²) in [6, 6.07) is 9.22. The molecule has 2 atom stereocenters. The van der Waals surface area contributed by atoms with Crippen molar-refractivity contribution in [3.05, 3.63) is 35.9 Å². The van der Waals surface area contributed by atoms with Gasteiger partial charge in [0.15, 0.2) is 0 Å². The van der Waals surface area contributed by atoms with E-state index in [-0.39, 0.29) is 12.0 Å². The monoisotopic (exact) mass is 403 g/mol. The number of esters is 1. The molecule has 1 aromatic carbocycles. The van der Waals surface area contributed by atoms with Crippen molar-refractivity contribution in [3.8, 4) is 11.8 Å². The summed E-state index contributed by atoms with van der Waals surface area (Å²) < 4.78 is 11.1. The molecule has 0 bridgehead atoms. The molecule has 0 heterocycles. The predicted molar refractivity (Wildman–Crippen MR) is 115 cm³/mol. The van der Waals surface area contributed by atoms with Gasteiger partial charge in [-0.3, -0.25) is 0 Å². The molecular formula is C24H37NO4. The highest BCUT2D eigenvalue weighted by Crippen LogP contribution is 2.18.